The van der Waals surface area contributed by atoms with Crippen molar-refractivity contribution < 1.29 is 14.3 Å². The summed E-state index contributed by atoms with van der Waals surface area (Å²) in [6.45, 7) is 0. The lowest BCUT2D eigenvalue weighted by Gasteiger charge is -2.04. The van der Waals surface area contributed by atoms with E-state index in [0.717, 1.165) is 0 Å². The summed E-state index contributed by atoms with van der Waals surface area (Å²) in [6, 6.07) is -0.405. The first-order chi connectivity index (χ1) is 4.74. The predicted molar refractivity (Wildman–Crippen MR) is 40.4 cm³/mol. The van der Waals surface area contributed by atoms with E-state index in [1.807, 2.05) is 0 Å². The molecule has 0 aliphatic carbocycles. The normalized spacial score (nSPS) is 21.9. The van der Waals surface area contributed by atoms with Crippen molar-refractivity contribution in [2.45, 2.75) is 18.9 Å². The van der Waals surface area contributed by atoms with Crippen LogP contribution in [0.3, 0.4) is 0 Å². The number of ether oxygens (including phenoxy) is 1. The summed E-state index contributed by atoms with van der Waals surface area (Å²) < 4.78 is 4.43. The van der Waals surface area contributed by atoms with E-state index in [1.165, 1.54) is 7.11 Å². The van der Waals surface area contributed by atoms with Crippen LogP contribution in [-0.4, -0.2) is 25.0 Å². The van der Waals surface area contributed by atoms with Crippen molar-refractivity contribution in [1.29, 1.82) is 0 Å². The predicted octanol–water partition coefficient (Wildman–Crippen LogP) is -0.140. The SMILES string of the molecule is COC(=O)[C@@H]1CCC(=O)N1.Cl. The van der Waals surface area contributed by atoms with Gasteiger partial charge >= 0.3 is 5.97 Å². The minimum Gasteiger partial charge on any atom is -0.467 e. The van der Waals surface area contributed by atoms with Crippen LogP contribution in [0.2, 0.25) is 0 Å². The minimum absolute atomic E-state index is 0. The van der Waals surface area contributed by atoms with Gasteiger partial charge in [-0.1, -0.05) is 0 Å². The average Bonchev–Trinajstić information content (AvgIpc) is 2.34. The summed E-state index contributed by atoms with van der Waals surface area (Å²) in [5.74, 6) is -0.429. The van der Waals surface area contributed by atoms with Crippen molar-refractivity contribution in [3.63, 3.8) is 0 Å². The number of hydrogen-bond acceptors (Lipinski definition) is 3. The molecule has 0 radical (unpaired) electrons. The Labute approximate surface area is 70.7 Å². The quantitative estimate of drug-likeness (QED) is 0.570. The van der Waals surface area contributed by atoms with Crippen molar-refractivity contribution in [3.05, 3.63) is 0 Å². The molecule has 1 amide bonds. The first-order valence-electron chi connectivity index (χ1n) is 3.11. The fraction of sp³-hybridized carbons (Fsp3) is 0.667. The smallest absolute Gasteiger partial charge is 0.328 e. The highest BCUT2D eigenvalue weighted by Gasteiger charge is 2.27. The van der Waals surface area contributed by atoms with Gasteiger partial charge in [0.1, 0.15) is 6.04 Å². The first kappa shape index (κ1) is 10.2. The van der Waals surface area contributed by atoms with Crippen molar-refractivity contribution in [2.24, 2.45) is 0 Å². The Morgan fingerprint density at radius 3 is 2.73 bits per heavy atom. The Morgan fingerprint density at radius 1 is 1.73 bits per heavy atom. The third-order valence-corrected chi connectivity index (χ3v) is 1.48. The number of halogens is 1. The van der Waals surface area contributed by atoms with Crippen LogP contribution in [0.15, 0.2) is 0 Å². The number of carbonyl (C=O) groups is 2. The van der Waals surface area contributed by atoms with Gasteiger partial charge in [0.05, 0.1) is 7.11 Å². The number of nitrogens with one attached hydrogen (secondary N) is 1. The molecule has 64 valence electrons. The maximum atomic E-state index is 10.7. The van der Waals surface area contributed by atoms with Crippen molar-refractivity contribution in [1.82, 2.24) is 5.32 Å². The summed E-state index contributed by atoms with van der Waals surface area (Å²) in [6.07, 6.45) is 0.991. The van der Waals surface area contributed by atoms with Crippen LogP contribution >= 0.6 is 12.4 Å². The minimum atomic E-state index is -0.405. The van der Waals surface area contributed by atoms with Gasteiger partial charge < -0.3 is 10.1 Å². The van der Waals surface area contributed by atoms with Crippen LogP contribution in [0.5, 0.6) is 0 Å². The summed E-state index contributed by atoms with van der Waals surface area (Å²) in [5.41, 5.74) is 0. The topological polar surface area (TPSA) is 55.4 Å². The van der Waals surface area contributed by atoms with E-state index < -0.39 is 6.04 Å². The monoisotopic (exact) mass is 179 g/mol. The maximum absolute atomic E-state index is 10.7. The molecule has 1 atom stereocenters. The van der Waals surface area contributed by atoms with E-state index in [4.69, 9.17) is 0 Å². The average molecular weight is 180 g/mol. The van der Waals surface area contributed by atoms with Crippen molar-refractivity contribution in [2.75, 3.05) is 7.11 Å². The molecule has 0 unspecified atom stereocenters. The standard InChI is InChI=1S/C6H9NO3.ClH/c1-10-6(9)4-2-3-5(8)7-4;/h4H,2-3H2,1H3,(H,7,8);1H/t4-;/m0./s1. The molecule has 4 nitrogen and oxygen atoms in total. The molecule has 0 saturated carbocycles. The van der Waals surface area contributed by atoms with Gasteiger partial charge in [-0.3, -0.25) is 4.79 Å². The summed E-state index contributed by atoms with van der Waals surface area (Å²) >= 11 is 0. The summed E-state index contributed by atoms with van der Waals surface area (Å²) in [7, 11) is 1.31. The van der Waals surface area contributed by atoms with Crippen LogP contribution in [0.1, 0.15) is 12.8 Å². The molecule has 1 saturated heterocycles. The number of methoxy groups -OCH3 is 1. The van der Waals surface area contributed by atoms with E-state index in [-0.39, 0.29) is 24.3 Å². The molecule has 1 heterocycles. The lowest BCUT2D eigenvalue weighted by atomic mass is 10.2. The lowest BCUT2D eigenvalue weighted by molar-refractivity contribution is -0.143. The van der Waals surface area contributed by atoms with E-state index in [2.05, 4.69) is 10.1 Å². The van der Waals surface area contributed by atoms with Gasteiger partial charge in [-0.15, -0.1) is 12.4 Å². The van der Waals surface area contributed by atoms with Gasteiger partial charge in [0.25, 0.3) is 0 Å². The van der Waals surface area contributed by atoms with Gasteiger partial charge in [0.2, 0.25) is 5.91 Å². The van der Waals surface area contributed by atoms with Crippen LogP contribution in [0, 0.1) is 0 Å². The number of hydrogen-bond donors (Lipinski definition) is 1. The van der Waals surface area contributed by atoms with E-state index in [9.17, 15) is 9.59 Å². The highest BCUT2D eigenvalue weighted by molar-refractivity contribution is 5.87. The molecule has 5 heteroatoms. The number of esters is 1. The van der Waals surface area contributed by atoms with Crippen LogP contribution in [-0.2, 0) is 14.3 Å². The van der Waals surface area contributed by atoms with Gasteiger partial charge in [-0.25, -0.2) is 4.79 Å². The summed E-state index contributed by atoms with van der Waals surface area (Å²) in [4.78, 5) is 21.3. The zero-order valence-electron chi connectivity index (χ0n) is 6.12. The third-order valence-electron chi connectivity index (χ3n) is 1.48. The van der Waals surface area contributed by atoms with Crippen LogP contribution in [0.4, 0.5) is 0 Å². The Hall–Kier alpha value is -0.770. The molecule has 0 aromatic carbocycles. The molecule has 0 spiro atoms. The van der Waals surface area contributed by atoms with E-state index in [0.29, 0.717) is 12.8 Å². The van der Waals surface area contributed by atoms with Gasteiger partial charge in [-0.2, -0.15) is 0 Å². The van der Waals surface area contributed by atoms with Crippen LogP contribution in [0.25, 0.3) is 0 Å². The molecule has 0 aromatic heterocycles. The molecular weight excluding hydrogens is 170 g/mol. The largest absolute Gasteiger partial charge is 0.467 e. The van der Waals surface area contributed by atoms with Crippen LogP contribution < -0.4 is 5.32 Å². The van der Waals surface area contributed by atoms with Gasteiger partial charge in [0, 0.05) is 6.42 Å². The number of rotatable bonds is 1. The molecule has 1 rings (SSSR count). The highest BCUT2D eigenvalue weighted by Crippen LogP contribution is 2.06. The van der Waals surface area contributed by atoms with E-state index >= 15 is 0 Å². The molecule has 0 aromatic rings. The molecule has 1 aliphatic heterocycles. The zero-order chi connectivity index (χ0) is 7.56. The van der Waals surface area contributed by atoms with Gasteiger partial charge in [0.15, 0.2) is 0 Å². The van der Waals surface area contributed by atoms with Crippen molar-refractivity contribution in [3.8, 4) is 0 Å². The molecule has 0 bridgehead atoms. The Kier molecular flexibility index (Phi) is 3.89. The molecule has 11 heavy (non-hydrogen) atoms. The second-order valence-electron chi connectivity index (χ2n) is 2.18. The molecule has 1 fully saturated rings. The Balaban J connectivity index is 0.000001000. The van der Waals surface area contributed by atoms with Crippen molar-refractivity contribution >= 4 is 24.3 Å². The van der Waals surface area contributed by atoms with Gasteiger partial charge in [-0.05, 0) is 6.42 Å². The summed E-state index contributed by atoms with van der Waals surface area (Å²) in [5, 5.41) is 2.49. The Bertz CT molecular complexity index is 171. The first-order valence-corrected chi connectivity index (χ1v) is 3.11. The molecule has 1 N–H and O–H groups in total. The zero-order valence-corrected chi connectivity index (χ0v) is 6.94. The lowest BCUT2D eigenvalue weighted by Crippen LogP contribution is -2.33. The molecule has 1 aliphatic rings. The molecular formula is C6H10ClNO3. The Morgan fingerprint density at radius 2 is 2.36 bits per heavy atom. The maximum Gasteiger partial charge on any atom is 0.328 e. The number of carbonyl (C=O) groups excluding carboxylic acids is 2. The van der Waals surface area contributed by atoms with E-state index in [1.54, 1.807) is 0 Å². The highest BCUT2D eigenvalue weighted by atomic mass is 35.5. The fourth-order valence-corrected chi connectivity index (χ4v) is 0.933. The second kappa shape index (κ2) is 4.18. The fourth-order valence-electron chi connectivity index (χ4n) is 0.933. The second-order valence-corrected chi connectivity index (χ2v) is 2.18. The third kappa shape index (κ3) is 2.38. The number of amides is 1.